The Kier molecular flexibility index (Phi) is 3.97. The van der Waals surface area contributed by atoms with Crippen LogP contribution in [0, 0.1) is 12.3 Å². The number of hydrogen-bond donors (Lipinski definition) is 0. The van der Waals surface area contributed by atoms with Gasteiger partial charge >= 0.3 is 0 Å². The van der Waals surface area contributed by atoms with Gasteiger partial charge in [-0.2, -0.15) is 0 Å². The van der Waals surface area contributed by atoms with E-state index >= 15 is 0 Å². The molecule has 0 radical (unpaired) electrons. The van der Waals surface area contributed by atoms with Crippen LogP contribution in [0.3, 0.4) is 0 Å². The molecule has 0 saturated carbocycles. The molecule has 0 aliphatic carbocycles. The third-order valence-electron chi connectivity index (χ3n) is 1.54. The summed E-state index contributed by atoms with van der Waals surface area (Å²) in [5, 5.41) is 0. The van der Waals surface area contributed by atoms with E-state index < -0.39 is 0 Å². The Hall–Kier alpha value is -1.52. The Bertz CT molecular complexity index is 368. The van der Waals surface area contributed by atoms with Crippen LogP contribution in [0.25, 0.3) is 0 Å². The third-order valence-corrected chi connectivity index (χ3v) is 1.80. The zero-order chi connectivity index (χ0) is 10.4. The SMILES string of the molecule is C#CCOc1cc(C=O)ccc1OP. The van der Waals surface area contributed by atoms with E-state index in [0.29, 0.717) is 17.1 Å². The molecule has 1 rings (SSSR count). The zero-order valence-corrected chi connectivity index (χ0v) is 8.55. The molecule has 0 amide bonds. The molecule has 0 spiro atoms. The second-order valence-electron chi connectivity index (χ2n) is 2.43. The lowest BCUT2D eigenvalue weighted by molar-refractivity contribution is 0.112. The van der Waals surface area contributed by atoms with Crippen LogP contribution in [0.2, 0.25) is 0 Å². The van der Waals surface area contributed by atoms with Gasteiger partial charge in [-0.1, -0.05) is 5.92 Å². The van der Waals surface area contributed by atoms with E-state index in [1.807, 2.05) is 0 Å². The van der Waals surface area contributed by atoms with E-state index in [1.165, 1.54) is 0 Å². The minimum absolute atomic E-state index is 0.142. The highest BCUT2D eigenvalue weighted by Crippen LogP contribution is 2.29. The molecule has 0 heterocycles. The molecule has 1 aromatic carbocycles. The van der Waals surface area contributed by atoms with Crippen LogP contribution in [0.4, 0.5) is 0 Å². The molecule has 72 valence electrons. The molecule has 3 nitrogen and oxygen atoms in total. The van der Waals surface area contributed by atoms with Crippen molar-refractivity contribution in [3.05, 3.63) is 23.8 Å². The fourth-order valence-electron chi connectivity index (χ4n) is 0.928. The Labute approximate surface area is 84.7 Å². The van der Waals surface area contributed by atoms with Gasteiger partial charge in [-0.05, 0) is 18.2 Å². The summed E-state index contributed by atoms with van der Waals surface area (Å²) in [7, 11) is 2.10. The van der Waals surface area contributed by atoms with Crippen molar-refractivity contribution in [3.63, 3.8) is 0 Å². The fraction of sp³-hybridized carbons (Fsp3) is 0.100. The van der Waals surface area contributed by atoms with Crippen LogP contribution in [0.15, 0.2) is 18.2 Å². The first-order chi connectivity index (χ1) is 6.81. The van der Waals surface area contributed by atoms with Crippen LogP contribution in [-0.2, 0) is 0 Å². The number of carbonyl (C=O) groups is 1. The predicted octanol–water partition coefficient (Wildman–Crippen LogP) is 1.68. The van der Waals surface area contributed by atoms with Gasteiger partial charge in [-0.25, -0.2) is 0 Å². The summed E-state index contributed by atoms with van der Waals surface area (Å²) in [5.41, 5.74) is 0.517. The molecule has 1 aromatic rings. The quantitative estimate of drug-likeness (QED) is 0.429. The second kappa shape index (κ2) is 5.26. The standard InChI is InChI=1S/C10H9O3P/c1-2-5-12-10-6-8(7-11)3-4-9(10)13-14/h1,3-4,6-7H,5,14H2. The molecule has 0 aliphatic rings. The number of rotatable bonds is 4. The van der Waals surface area contributed by atoms with Gasteiger partial charge in [0, 0.05) is 5.56 Å². The van der Waals surface area contributed by atoms with Crippen molar-refractivity contribution in [1.82, 2.24) is 0 Å². The Morgan fingerprint density at radius 2 is 2.29 bits per heavy atom. The van der Waals surface area contributed by atoms with E-state index in [1.54, 1.807) is 18.2 Å². The fourth-order valence-corrected chi connectivity index (χ4v) is 1.12. The lowest BCUT2D eigenvalue weighted by Gasteiger charge is -2.08. The summed E-state index contributed by atoms with van der Waals surface area (Å²) in [6, 6.07) is 4.85. The van der Waals surface area contributed by atoms with Gasteiger partial charge < -0.3 is 9.26 Å². The van der Waals surface area contributed by atoms with E-state index in [9.17, 15) is 4.79 Å². The first-order valence-corrected chi connectivity index (χ1v) is 4.31. The average molecular weight is 208 g/mol. The number of terminal acetylenes is 1. The molecule has 0 fully saturated rings. The minimum atomic E-state index is 0.142. The van der Waals surface area contributed by atoms with Gasteiger partial charge in [0.05, 0.1) is 9.47 Å². The monoisotopic (exact) mass is 208 g/mol. The largest absolute Gasteiger partial charge is 0.477 e. The molecule has 0 bridgehead atoms. The van der Waals surface area contributed by atoms with Crippen molar-refractivity contribution in [2.45, 2.75) is 0 Å². The summed E-state index contributed by atoms with van der Waals surface area (Å²) >= 11 is 0. The number of benzene rings is 1. The lowest BCUT2D eigenvalue weighted by atomic mass is 10.2. The summed E-state index contributed by atoms with van der Waals surface area (Å²) in [6.45, 7) is 0.142. The first-order valence-electron chi connectivity index (χ1n) is 3.84. The maximum Gasteiger partial charge on any atom is 0.164 e. The molecule has 14 heavy (non-hydrogen) atoms. The molecule has 4 heteroatoms. The van der Waals surface area contributed by atoms with Crippen molar-refractivity contribution >= 4 is 15.8 Å². The Morgan fingerprint density at radius 3 is 2.86 bits per heavy atom. The average Bonchev–Trinajstić information content (AvgIpc) is 2.25. The van der Waals surface area contributed by atoms with Crippen LogP contribution in [0.1, 0.15) is 10.4 Å². The highest BCUT2D eigenvalue weighted by Gasteiger charge is 2.04. The van der Waals surface area contributed by atoms with Gasteiger partial charge in [0.15, 0.2) is 11.5 Å². The van der Waals surface area contributed by atoms with Crippen LogP contribution >= 0.6 is 9.47 Å². The van der Waals surface area contributed by atoms with Crippen molar-refractivity contribution in [1.29, 1.82) is 0 Å². The zero-order valence-electron chi connectivity index (χ0n) is 7.40. The van der Waals surface area contributed by atoms with Gasteiger partial charge in [-0.3, -0.25) is 4.79 Å². The van der Waals surface area contributed by atoms with Gasteiger partial charge in [-0.15, -0.1) is 6.42 Å². The first kappa shape index (κ1) is 10.6. The van der Waals surface area contributed by atoms with Crippen molar-refractivity contribution < 1.29 is 14.1 Å². The highest BCUT2D eigenvalue weighted by molar-refractivity contribution is 7.10. The number of aldehydes is 1. The van der Waals surface area contributed by atoms with E-state index in [-0.39, 0.29) is 6.61 Å². The van der Waals surface area contributed by atoms with Crippen molar-refractivity contribution in [2.24, 2.45) is 0 Å². The molecule has 0 saturated heterocycles. The smallest absolute Gasteiger partial charge is 0.164 e. The number of ether oxygens (including phenoxy) is 1. The molecular weight excluding hydrogens is 199 g/mol. The molecule has 0 aliphatic heterocycles. The van der Waals surface area contributed by atoms with Gasteiger partial charge in [0.1, 0.15) is 12.9 Å². The molecule has 1 atom stereocenters. The van der Waals surface area contributed by atoms with Crippen LogP contribution in [0.5, 0.6) is 11.5 Å². The van der Waals surface area contributed by atoms with Crippen LogP contribution < -0.4 is 9.26 Å². The topological polar surface area (TPSA) is 35.5 Å². The normalized spacial score (nSPS) is 8.86. The maximum atomic E-state index is 10.5. The Morgan fingerprint density at radius 1 is 1.50 bits per heavy atom. The summed E-state index contributed by atoms with van der Waals surface area (Å²) in [5.74, 6) is 3.32. The molecular formula is C10H9O3P. The summed E-state index contributed by atoms with van der Waals surface area (Å²) < 4.78 is 10.1. The summed E-state index contributed by atoms with van der Waals surface area (Å²) in [4.78, 5) is 10.5. The van der Waals surface area contributed by atoms with E-state index in [0.717, 1.165) is 6.29 Å². The second-order valence-corrected chi connectivity index (χ2v) is 2.67. The predicted molar refractivity (Wildman–Crippen MR) is 56.5 cm³/mol. The van der Waals surface area contributed by atoms with Crippen molar-refractivity contribution in [3.8, 4) is 23.8 Å². The lowest BCUT2D eigenvalue weighted by Crippen LogP contribution is -1.96. The van der Waals surface area contributed by atoms with Gasteiger partial charge in [0.2, 0.25) is 0 Å². The molecule has 0 aromatic heterocycles. The number of hydrogen-bond acceptors (Lipinski definition) is 3. The molecule has 1 unspecified atom stereocenters. The third kappa shape index (κ3) is 2.48. The van der Waals surface area contributed by atoms with Crippen LogP contribution in [-0.4, -0.2) is 12.9 Å². The van der Waals surface area contributed by atoms with E-state index in [4.69, 9.17) is 15.7 Å². The van der Waals surface area contributed by atoms with E-state index in [2.05, 4.69) is 15.4 Å². The highest BCUT2D eigenvalue weighted by atomic mass is 31.0. The van der Waals surface area contributed by atoms with Crippen molar-refractivity contribution in [2.75, 3.05) is 6.61 Å². The molecule has 0 N–H and O–H groups in total. The van der Waals surface area contributed by atoms with Gasteiger partial charge in [0.25, 0.3) is 0 Å². The minimum Gasteiger partial charge on any atom is -0.477 e. The Balaban J connectivity index is 2.96. The number of carbonyl (C=O) groups excluding carboxylic acids is 1. The summed E-state index contributed by atoms with van der Waals surface area (Å²) in [6.07, 6.45) is 5.78. The maximum absolute atomic E-state index is 10.5.